The predicted molar refractivity (Wildman–Crippen MR) is 134 cm³/mol. The summed E-state index contributed by atoms with van der Waals surface area (Å²) in [5.74, 6) is -1.66. The Labute approximate surface area is 232 Å². The van der Waals surface area contributed by atoms with Gasteiger partial charge in [0.2, 0.25) is 0 Å². The minimum Gasteiger partial charge on any atom is -0.440 e. The molecule has 0 saturated heterocycles. The first-order chi connectivity index (χ1) is 19.2. The van der Waals surface area contributed by atoms with Crippen LogP contribution in [-0.2, 0) is 21.8 Å². The molecule has 0 aromatic heterocycles. The minimum absolute atomic E-state index is 0.117. The van der Waals surface area contributed by atoms with E-state index in [4.69, 9.17) is 20.9 Å². The molecule has 0 fully saturated rings. The highest BCUT2D eigenvalue weighted by atomic mass is 32.2. The third-order valence-electron chi connectivity index (χ3n) is 6.52. The van der Waals surface area contributed by atoms with Gasteiger partial charge in [0.05, 0.1) is 11.1 Å². The molecule has 41 heavy (non-hydrogen) atoms. The third kappa shape index (κ3) is 5.69. The van der Waals surface area contributed by atoms with E-state index in [1.165, 1.54) is 18.2 Å². The molecule has 14 heteroatoms. The fourth-order valence-corrected chi connectivity index (χ4v) is 6.23. The average molecular weight is 599 g/mol. The van der Waals surface area contributed by atoms with Crippen LogP contribution < -0.4 is 11.5 Å². The van der Waals surface area contributed by atoms with Gasteiger partial charge >= 0.3 is 24.5 Å². The number of amides is 2. The van der Waals surface area contributed by atoms with E-state index >= 15 is 0 Å². The molecule has 0 aliphatic carbocycles. The van der Waals surface area contributed by atoms with E-state index in [0.717, 1.165) is 48.2 Å². The number of rotatable bonds is 6. The first-order valence-corrected chi connectivity index (χ1v) is 12.7. The fraction of sp³-hybridized carbons (Fsp3) is 0.222. The van der Waals surface area contributed by atoms with Gasteiger partial charge in [-0.3, -0.25) is 4.79 Å². The molecule has 0 bridgehead atoms. The van der Waals surface area contributed by atoms with Crippen LogP contribution in [0.1, 0.15) is 44.8 Å². The Balaban J connectivity index is 2.14. The zero-order valence-electron chi connectivity index (χ0n) is 20.7. The number of carbonyl (C=O) groups is 3. The van der Waals surface area contributed by atoms with Gasteiger partial charge < -0.3 is 20.9 Å². The van der Waals surface area contributed by atoms with Crippen LogP contribution in [0, 0.1) is 5.41 Å². The number of carbonyl (C=O) groups excluding carboxylic acids is 3. The second kappa shape index (κ2) is 11.0. The van der Waals surface area contributed by atoms with Gasteiger partial charge in [-0.25, -0.2) is 9.59 Å². The van der Waals surface area contributed by atoms with Crippen LogP contribution in [0.4, 0.5) is 35.9 Å². The molecular formula is C27H20F6N2O5S. The Morgan fingerprint density at radius 2 is 1.15 bits per heavy atom. The molecule has 0 radical (unpaired) electrons. The SMILES string of the molecule is NC(=O)OC(c1ccccc1C(F)(F)F)C1(C(OC(N)=O)c2ccccc2C(F)(F)F)CSc2ccccc2C1=O. The third-order valence-corrected chi connectivity index (χ3v) is 7.81. The lowest BCUT2D eigenvalue weighted by Crippen LogP contribution is -2.51. The normalized spacial score (nSPS) is 18.6. The summed E-state index contributed by atoms with van der Waals surface area (Å²) < 4.78 is 95.7. The molecule has 2 amide bonds. The average Bonchev–Trinajstić information content (AvgIpc) is 2.90. The van der Waals surface area contributed by atoms with Crippen LogP contribution in [0.25, 0.3) is 0 Å². The minimum atomic E-state index is -5.07. The summed E-state index contributed by atoms with van der Waals surface area (Å²) >= 11 is 0.879. The number of ketones is 1. The van der Waals surface area contributed by atoms with Crippen molar-refractivity contribution in [3.05, 3.63) is 101 Å². The van der Waals surface area contributed by atoms with Crippen molar-refractivity contribution in [3.63, 3.8) is 0 Å². The number of halogens is 6. The van der Waals surface area contributed by atoms with Crippen molar-refractivity contribution in [2.24, 2.45) is 16.9 Å². The monoisotopic (exact) mass is 598 g/mol. The smallest absolute Gasteiger partial charge is 0.416 e. The number of nitrogens with two attached hydrogens (primary N) is 2. The summed E-state index contributed by atoms with van der Waals surface area (Å²) in [6.07, 6.45) is -18.0. The number of thioether (sulfide) groups is 1. The number of fused-ring (bicyclic) bond motifs is 1. The van der Waals surface area contributed by atoms with Gasteiger partial charge in [0.15, 0.2) is 5.78 Å². The molecule has 4 N–H and O–H groups in total. The summed E-state index contributed by atoms with van der Waals surface area (Å²) in [6, 6.07) is 13.2. The molecule has 2 unspecified atom stereocenters. The lowest BCUT2D eigenvalue weighted by atomic mass is 9.67. The first kappa shape index (κ1) is 29.8. The Kier molecular flexibility index (Phi) is 7.98. The molecule has 4 rings (SSSR count). The van der Waals surface area contributed by atoms with Crippen molar-refractivity contribution in [2.45, 2.75) is 29.5 Å². The Hall–Kier alpha value is -4.20. The highest BCUT2D eigenvalue weighted by molar-refractivity contribution is 7.99. The van der Waals surface area contributed by atoms with Crippen molar-refractivity contribution in [1.82, 2.24) is 0 Å². The van der Waals surface area contributed by atoms with Crippen LogP contribution in [0.3, 0.4) is 0 Å². The predicted octanol–water partition coefficient (Wildman–Crippen LogP) is 6.67. The van der Waals surface area contributed by atoms with Crippen molar-refractivity contribution in [2.75, 3.05) is 5.75 Å². The molecule has 1 heterocycles. The second-order valence-electron chi connectivity index (χ2n) is 8.96. The molecule has 1 aliphatic heterocycles. The number of Topliss-reactive ketones (excluding diaryl/α,β-unsaturated/α-hetero) is 1. The van der Waals surface area contributed by atoms with E-state index < -0.39 is 76.0 Å². The maximum atomic E-state index is 14.4. The number of alkyl halides is 6. The molecular weight excluding hydrogens is 578 g/mol. The zero-order valence-corrected chi connectivity index (χ0v) is 21.5. The number of primary amides is 2. The summed E-state index contributed by atoms with van der Waals surface area (Å²) in [6.45, 7) is 0. The van der Waals surface area contributed by atoms with E-state index in [-0.39, 0.29) is 5.56 Å². The summed E-state index contributed by atoms with van der Waals surface area (Å²) in [5, 5.41) is 0. The Morgan fingerprint density at radius 3 is 1.59 bits per heavy atom. The van der Waals surface area contributed by atoms with Crippen molar-refractivity contribution in [1.29, 1.82) is 0 Å². The van der Waals surface area contributed by atoms with E-state index in [0.29, 0.717) is 17.0 Å². The van der Waals surface area contributed by atoms with Gasteiger partial charge in [0, 0.05) is 27.3 Å². The molecule has 0 saturated carbocycles. The summed E-state index contributed by atoms with van der Waals surface area (Å²) in [4.78, 5) is 39.1. The quantitative estimate of drug-likeness (QED) is 0.306. The van der Waals surface area contributed by atoms with Crippen LogP contribution >= 0.6 is 11.8 Å². The van der Waals surface area contributed by atoms with Gasteiger partial charge in [-0.1, -0.05) is 54.6 Å². The van der Waals surface area contributed by atoms with Crippen LogP contribution in [0.2, 0.25) is 0 Å². The number of hydrogen-bond acceptors (Lipinski definition) is 6. The zero-order chi connectivity index (χ0) is 30.2. The Bertz CT molecular complexity index is 1420. The maximum Gasteiger partial charge on any atom is 0.416 e. The summed E-state index contributed by atoms with van der Waals surface area (Å²) in [5.41, 5.74) is 3.48. The highest BCUT2D eigenvalue weighted by Crippen LogP contribution is 2.58. The first-order valence-electron chi connectivity index (χ1n) is 11.7. The molecule has 3 aromatic rings. The van der Waals surface area contributed by atoms with E-state index in [1.807, 2.05) is 0 Å². The van der Waals surface area contributed by atoms with Crippen molar-refractivity contribution >= 4 is 29.7 Å². The van der Waals surface area contributed by atoms with Gasteiger partial charge in [0.25, 0.3) is 0 Å². The van der Waals surface area contributed by atoms with Crippen LogP contribution in [0.5, 0.6) is 0 Å². The number of ether oxygens (including phenoxy) is 2. The lowest BCUT2D eigenvalue weighted by molar-refractivity contribution is -0.142. The lowest BCUT2D eigenvalue weighted by Gasteiger charge is -2.46. The Morgan fingerprint density at radius 1 is 0.732 bits per heavy atom. The number of hydrogen-bond donors (Lipinski definition) is 2. The van der Waals surface area contributed by atoms with Crippen molar-refractivity contribution < 1.29 is 50.2 Å². The largest absolute Gasteiger partial charge is 0.440 e. The van der Waals surface area contributed by atoms with Crippen LogP contribution in [0.15, 0.2) is 77.7 Å². The molecule has 3 aromatic carbocycles. The fourth-order valence-electron chi connectivity index (χ4n) is 4.91. The second-order valence-corrected chi connectivity index (χ2v) is 9.98. The maximum absolute atomic E-state index is 14.4. The van der Waals surface area contributed by atoms with E-state index in [1.54, 1.807) is 6.07 Å². The molecule has 216 valence electrons. The molecule has 0 spiro atoms. The van der Waals surface area contributed by atoms with Gasteiger partial charge in [-0.15, -0.1) is 11.8 Å². The molecule has 7 nitrogen and oxygen atoms in total. The summed E-state index contributed by atoms with van der Waals surface area (Å²) in [7, 11) is 0. The van der Waals surface area contributed by atoms with Crippen molar-refractivity contribution in [3.8, 4) is 0 Å². The topological polar surface area (TPSA) is 122 Å². The van der Waals surface area contributed by atoms with E-state index in [2.05, 4.69) is 0 Å². The highest BCUT2D eigenvalue weighted by Gasteiger charge is 2.61. The standard InChI is InChI=1S/C27H20F6N2O5S/c28-26(29,30)17-10-4-1-7-14(17)21(39-23(34)37)25(13-41-19-12-6-3-9-16(19)20(25)36)22(40-24(35)38)15-8-2-5-11-18(15)27(31,32)33/h1-12,21-22H,13H2,(H2,34,37)(H2,35,38). The number of benzene rings is 3. The van der Waals surface area contributed by atoms with Gasteiger partial charge in [0.1, 0.15) is 17.6 Å². The molecule has 2 atom stereocenters. The van der Waals surface area contributed by atoms with E-state index in [9.17, 15) is 40.7 Å². The van der Waals surface area contributed by atoms with Gasteiger partial charge in [-0.05, 0) is 18.2 Å². The van der Waals surface area contributed by atoms with Gasteiger partial charge in [-0.2, -0.15) is 26.3 Å². The molecule has 1 aliphatic rings. The van der Waals surface area contributed by atoms with Crippen LogP contribution in [-0.4, -0.2) is 23.7 Å².